The number of nitrogens with two attached hydrogens (primary N) is 1. The van der Waals surface area contributed by atoms with Crippen molar-refractivity contribution in [3.63, 3.8) is 0 Å². The number of H-pyrrole nitrogens is 1. The van der Waals surface area contributed by atoms with Gasteiger partial charge in [-0.1, -0.05) is 169 Å². The van der Waals surface area contributed by atoms with Gasteiger partial charge in [-0.15, -0.1) is 12.1 Å². The largest absolute Gasteiger partial charge is 1.00 e. The topological polar surface area (TPSA) is 239 Å². The number of anilines is 3. The number of hydrogen-bond acceptors (Lipinski definition) is 10. The molecule has 24 heteroatoms. The zero-order valence-electron chi connectivity index (χ0n) is 56.9. The van der Waals surface area contributed by atoms with Crippen molar-refractivity contribution < 1.29 is 309 Å². The van der Waals surface area contributed by atoms with Crippen molar-refractivity contribution in [1.29, 1.82) is 0 Å². The van der Waals surface area contributed by atoms with Crippen LogP contribution in [0, 0.1) is 65.0 Å². The van der Waals surface area contributed by atoms with E-state index in [-0.39, 0.29) is 416 Å². The maximum absolute atomic E-state index is 12.4. The molecule has 15 nitrogen and oxygen atoms in total. The van der Waals surface area contributed by atoms with Gasteiger partial charge in [0.25, 0.3) is 6.47 Å². The van der Waals surface area contributed by atoms with Crippen LogP contribution < -0.4 is 290 Å². The summed E-state index contributed by atoms with van der Waals surface area (Å²) in [6.07, 6.45) is 0. The number of benzene rings is 10. The number of aromatic nitrogens is 3. The predicted molar refractivity (Wildman–Crippen MR) is 364 cm³/mol. The first kappa shape index (κ1) is 99.9. The van der Waals surface area contributed by atoms with E-state index in [9.17, 15) is 24.0 Å². The van der Waals surface area contributed by atoms with E-state index in [1.54, 1.807) is 42.5 Å². The number of aromatic carboxylic acids is 2. The van der Waals surface area contributed by atoms with Crippen molar-refractivity contribution in [2.45, 2.75) is 34.6 Å². The van der Waals surface area contributed by atoms with Gasteiger partial charge in [0.15, 0.2) is 0 Å². The number of nitrogens with zero attached hydrogens (tertiary/aromatic N) is 2. The molecule has 6 N–H and O–H groups in total. The second-order valence-electron chi connectivity index (χ2n) is 20.2. The number of nitrogens with one attached hydrogen (secondary N) is 2. The van der Waals surface area contributed by atoms with Crippen LogP contribution in [0.15, 0.2) is 209 Å². The Labute approximate surface area is 876 Å². The molecule has 0 bridgehead atoms. The summed E-state index contributed by atoms with van der Waals surface area (Å²) < 4.78 is 4.04. The van der Waals surface area contributed by atoms with E-state index in [1.165, 1.54) is 11.6 Å². The molecule has 97 heavy (non-hydrogen) atoms. The van der Waals surface area contributed by atoms with E-state index in [0.29, 0.717) is 16.8 Å². The smallest absolute Gasteiger partial charge is 0.662 e. The summed E-state index contributed by atoms with van der Waals surface area (Å²) in [5.41, 5.74) is 18.8. The van der Waals surface area contributed by atoms with Gasteiger partial charge < -0.3 is 59.9 Å². The van der Waals surface area contributed by atoms with Crippen molar-refractivity contribution in [3.8, 4) is 0 Å². The van der Waals surface area contributed by atoms with Gasteiger partial charge in [0.2, 0.25) is 0 Å². The summed E-state index contributed by atoms with van der Waals surface area (Å²) in [4.78, 5) is 72.7. The Kier molecular flexibility index (Phi) is 52.7. The molecule has 0 aliphatic rings. The Bertz CT molecular complexity index is 4730. The normalized spacial score (nSPS) is 9.41. The molecule has 0 aliphatic heterocycles. The van der Waals surface area contributed by atoms with Crippen LogP contribution in [0.3, 0.4) is 0 Å². The van der Waals surface area contributed by atoms with Crippen molar-refractivity contribution in [1.82, 2.24) is 14.1 Å². The first-order valence-corrected chi connectivity index (χ1v) is 27.8. The van der Waals surface area contributed by atoms with Crippen LogP contribution in [0.4, 0.5) is 17.1 Å². The third-order valence-corrected chi connectivity index (χ3v) is 13.9. The summed E-state index contributed by atoms with van der Waals surface area (Å²) in [6.45, 7) is 9.72. The van der Waals surface area contributed by atoms with E-state index in [4.69, 9.17) is 37.6 Å². The summed E-state index contributed by atoms with van der Waals surface area (Å²) in [5.74, 6) is -1.94. The molecular formula is C73H60ClCuK7N5O10-. The number of carboxylic acid groups (broad SMARTS) is 2. The molecule has 13 rings (SSSR count). The van der Waals surface area contributed by atoms with Crippen LogP contribution >= 0.6 is 11.6 Å². The van der Waals surface area contributed by atoms with Gasteiger partial charge in [0.05, 0.1) is 21.8 Å². The standard InChI is InChI=1S/2C15H12NO.C14H12NO2.C14H10NO.C7H5ClO2.C7H8N.CH2O3.Cu.7K/c2*1-10-7-8-14-12(9-10)15(17)11-5-3-4-6-13(11)16(14)2;1-10-6-8-11(9-7-10)15-13-5-3-2-4-12(13)14(16)17;1-9-6-7-13-11(8-9)14(16)10-4-2-3-5-12(10)15-13;8-6-4-2-1-3-5(6)7(9)10;1-6-2-4-7(8)5-3-6;2-1-4-3;;;;;;;;/h2*3-7,9H,1-2H3;2-8,15H,1H3,(H,16,17);2-6,8H,1H3,(H,15,16);1-4H,(H,9,10);2-4H,8H2,1H3;1,3H;;;;;;;;/q4*-1;;-1;;;;;5*+1/p-1. The number of carbonyl (C=O) groups excluding carboxylic acids is 1. The van der Waals surface area contributed by atoms with Gasteiger partial charge in [-0.3, -0.25) is 4.79 Å². The van der Waals surface area contributed by atoms with Gasteiger partial charge in [-0.2, -0.15) is 119 Å². The molecule has 0 fully saturated rings. The Hall–Kier alpha value is 0.844. The summed E-state index contributed by atoms with van der Waals surface area (Å²) in [5, 5.41) is 33.7. The van der Waals surface area contributed by atoms with Crippen molar-refractivity contribution in [2.75, 3.05) is 11.1 Å². The zero-order valence-corrected chi connectivity index (χ0v) is 80.4. The number of halogens is 1. The molecular weight excluding hydrogens is 1480 g/mol. The van der Waals surface area contributed by atoms with Crippen LogP contribution in [-0.4, -0.2) is 146 Å². The number of pyridine rings is 3. The number of para-hydroxylation sites is 4. The van der Waals surface area contributed by atoms with Gasteiger partial charge >= 0.3 is 269 Å². The van der Waals surface area contributed by atoms with Crippen molar-refractivity contribution >= 4 is 215 Å². The van der Waals surface area contributed by atoms with Gasteiger partial charge in [-0.25, -0.2) is 9.59 Å². The van der Waals surface area contributed by atoms with Crippen molar-refractivity contribution in [3.05, 3.63) is 299 Å². The Morgan fingerprint density at radius 2 is 0.907 bits per heavy atom. The molecule has 0 saturated heterocycles. The average molecular weight is 1540 g/mol. The van der Waals surface area contributed by atoms with Crippen LogP contribution in [0.5, 0.6) is 0 Å². The molecule has 463 valence electrons. The second-order valence-corrected chi connectivity index (χ2v) is 20.6. The first-order valence-electron chi connectivity index (χ1n) is 27.4. The molecule has 0 saturated carbocycles. The zero-order chi connectivity index (χ0) is 64.3. The van der Waals surface area contributed by atoms with Crippen LogP contribution in [0.25, 0.3) is 65.4 Å². The van der Waals surface area contributed by atoms with Gasteiger partial charge in [0, 0.05) is 167 Å². The molecule has 3 heterocycles. The summed E-state index contributed by atoms with van der Waals surface area (Å²) in [7, 11) is 3.94. The quantitative estimate of drug-likeness (QED) is 0.0234. The second kappa shape index (κ2) is 51.2. The number of aromatic amines is 1. The third kappa shape index (κ3) is 29.5. The molecule has 0 spiro atoms. The Balaban J connectivity index is 0. The van der Waals surface area contributed by atoms with Crippen LogP contribution in [0.1, 0.15) is 48.5 Å². The minimum absolute atomic E-state index is 0. The number of nitrogen functional groups attached to an aromatic ring is 1. The minimum atomic E-state index is -0.995. The van der Waals surface area contributed by atoms with Gasteiger partial charge in [0.1, 0.15) is 16.3 Å². The molecule has 0 amide bonds. The predicted octanol–water partition coefficient (Wildman–Crippen LogP) is -2.27. The Morgan fingerprint density at radius 3 is 1.34 bits per heavy atom. The molecule has 3 aromatic heterocycles. The van der Waals surface area contributed by atoms with Crippen LogP contribution in [-0.2, 0) is 40.8 Å². The third-order valence-electron chi connectivity index (χ3n) is 13.6. The number of hydrogen-bond donors (Lipinski definition) is 5. The molecule has 0 aliphatic carbocycles. The summed E-state index contributed by atoms with van der Waals surface area (Å²) in [6, 6.07) is 74.2. The van der Waals surface area contributed by atoms with E-state index >= 15 is 0 Å². The maximum Gasteiger partial charge on any atom is 1.00 e. The molecule has 10 aromatic carbocycles. The molecule has 13 aromatic rings. The monoisotopic (exact) mass is 1540 g/mol. The Morgan fingerprint density at radius 1 is 0.515 bits per heavy atom. The maximum atomic E-state index is 12.4. The van der Waals surface area contributed by atoms with E-state index < -0.39 is 11.9 Å². The SMILES string of the molecule is Cc1c[c-]c(N)cc1.Cc1c[c-]c(Nc2ccccc2C(=O)O)cc1.Cc1c[c-]c2[nH]c3ccccc3c(=O)c2c1.Cc1c[c-]c2c(c1)c(=O)c1ccccc1n2C.Cc1c[c-]c2c(c1)c(=O)c1ccccc1n2C.O=C(O)c1ccccc1Cl.O=CO[O-].[Cu].[K+].[K+].[K+].[K+].[K+].[K].[K]. The number of carboxylic acids is 2. The van der Waals surface area contributed by atoms with Gasteiger partial charge in [-0.05, 0) is 42.5 Å². The van der Waals surface area contributed by atoms with E-state index in [0.717, 1.165) is 88.0 Å². The molecule has 0 atom stereocenters. The fourth-order valence-electron chi connectivity index (χ4n) is 9.15. The minimum Gasteiger partial charge on any atom is -0.662 e. The number of fused-ring (bicyclic) bond motifs is 6. The fourth-order valence-corrected chi connectivity index (χ4v) is 9.37. The summed E-state index contributed by atoms with van der Waals surface area (Å²) >= 11 is 5.54. The van der Waals surface area contributed by atoms with Crippen molar-refractivity contribution in [2.24, 2.45) is 14.1 Å². The average Bonchev–Trinajstić information content (AvgIpc) is 0.776. The van der Waals surface area contributed by atoms with E-state index in [2.05, 4.69) is 45.5 Å². The number of aryl methyl sites for hydroxylation is 7. The first-order chi connectivity index (χ1) is 42.7. The molecule has 0 unspecified atom stereocenters. The van der Waals surface area contributed by atoms with E-state index in [1.807, 2.05) is 203 Å². The number of rotatable bonds is 5. The van der Waals surface area contributed by atoms with Crippen LogP contribution in [0.2, 0.25) is 5.02 Å². The fraction of sp³-hybridized carbons (Fsp3) is 0.0959. The number of carbonyl (C=O) groups is 3. The molecule has 3 radical (unpaired) electrons.